The molecule has 1 amide bonds. The minimum absolute atomic E-state index is 0.225. The Labute approximate surface area is 302 Å². The van der Waals surface area contributed by atoms with Crippen molar-refractivity contribution in [3.05, 3.63) is 0 Å². The minimum atomic E-state index is -2.86. The maximum Gasteiger partial charge on any atom is 0.334 e. The summed E-state index contributed by atoms with van der Waals surface area (Å²) >= 11 is 0. The lowest BCUT2D eigenvalue weighted by Gasteiger charge is -2.52. The summed E-state index contributed by atoms with van der Waals surface area (Å²) in [7, 11) is 0. The first-order valence-electron chi connectivity index (χ1n) is 16.9. The quantitative estimate of drug-likeness (QED) is 0.0575. The normalized spacial score (nSPS) is 48.5. The molecular weight excluding hydrogens is 726 g/mol. The van der Waals surface area contributed by atoms with E-state index in [0.29, 0.717) is 0 Å². The van der Waals surface area contributed by atoms with Crippen molar-refractivity contribution in [2.75, 3.05) is 26.4 Å². The molecule has 0 spiro atoms. The number of nitrogens with one attached hydrogen (secondary N) is 1. The van der Waals surface area contributed by atoms with Crippen molar-refractivity contribution in [1.82, 2.24) is 5.32 Å². The van der Waals surface area contributed by atoms with Gasteiger partial charge in [0.25, 0.3) is 6.47 Å². The van der Waals surface area contributed by atoms with Crippen molar-refractivity contribution in [2.45, 2.75) is 143 Å². The summed E-state index contributed by atoms with van der Waals surface area (Å²) in [5, 5.41) is 129. The van der Waals surface area contributed by atoms with E-state index in [1.807, 2.05) is 0 Å². The van der Waals surface area contributed by atoms with Gasteiger partial charge in [-0.15, -0.1) is 0 Å². The van der Waals surface area contributed by atoms with Crippen molar-refractivity contribution in [3.8, 4) is 0 Å². The molecule has 0 aromatic carbocycles. The molecule has 4 fully saturated rings. The monoisotopic (exact) mass is 777 g/mol. The van der Waals surface area contributed by atoms with Gasteiger partial charge < -0.3 is 99.8 Å². The molecule has 53 heavy (non-hydrogen) atoms. The SMILES string of the molecule is CC(=O)NC1C(O)[C@H](O[C@@H]2OC(CO)[C@H](O)[C@H](O[C@]3(OC=O)C[C@@H](O)[C@@H](C)[C@@](O)(C(O)CO)O3)C2O)[C@H](CO)O[C@H]1OC1[C@@H](O)[C@H](O)C(CO)O[C@@H]1C. The fourth-order valence-electron chi connectivity index (χ4n) is 6.87. The van der Waals surface area contributed by atoms with Crippen LogP contribution in [-0.4, -0.2) is 216 Å². The van der Waals surface area contributed by atoms with E-state index in [9.17, 15) is 70.9 Å². The Morgan fingerprint density at radius 1 is 0.811 bits per heavy atom. The molecule has 0 radical (unpaired) electrons. The second kappa shape index (κ2) is 18.0. The molecule has 4 rings (SSSR count). The topological polar surface area (TPSA) is 363 Å². The highest BCUT2D eigenvalue weighted by Gasteiger charge is 2.62. The average molecular weight is 778 g/mol. The van der Waals surface area contributed by atoms with Crippen molar-refractivity contribution < 1.29 is 109 Å². The van der Waals surface area contributed by atoms with E-state index >= 15 is 0 Å². The van der Waals surface area contributed by atoms with E-state index in [0.717, 1.165) is 6.92 Å². The lowest BCUT2D eigenvalue weighted by atomic mass is 9.85. The van der Waals surface area contributed by atoms with Gasteiger partial charge in [-0.1, -0.05) is 6.92 Å². The van der Waals surface area contributed by atoms with Crippen LogP contribution < -0.4 is 5.32 Å². The van der Waals surface area contributed by atoms with Crippen LogP contribution in [0, 0.1) is 5.92 Å². The number of ether oxygens (including phenoxy) is 8. The van der Waals surface area contributed by atoms with Crippen molar-refractivity contribution in [2.24, 2.45) is 5.92 Å². The summed E-state index contributed by atoms with van der Waals surface area (Å²) < 4.78 is 44.7. The zero-order chi connectivity index (χ0) is 39.6. The predicted octanol–water partition coefficient (Wildman–Crippen LogP) is -8.05. The van der Waals surface area contributed by atoms with Crippen LogP contribution in [-0.2, 0) is 47.5 Å². The standard InChI is InChI=1S/C30H51NO22/c1-10-13(38)4-29(46-9-36,53-30(10,45)17(39)8-35)52-26-20(41)15(6-33)48-28(23(26)44)51-25-16(7-34)49-27(18(21(25)42)31-12(3)37)50-24-11(2)47-14(5-32)19(40)22(24)43/h9-11,13-28,32-35,38-45H,4-8H2,1-3H3,(H,31,37)/t10-,11-,13-,14?,15?,16+,17?,18?,19-,20+,21?,22+,23?,24?,25-,26+,27+,28+,29-,30+/m1/s1. The maximum atomic E-state index is 12.2. The molecule has 23 heteroatoms. The first kappa shape index (κ1) is 43.9. The van der Waals surface area contributed by atoms with Crippen LogP contribution in [0.1, 0.15) is 27.2 Å². The van der Waals surface area contributed by atoms with Crippen LogP contribution in [0.25, 0.3) is 0 Å². The summed E-state index contributed by atoms with van der Waals surface area (Å²) in [6, 6.07) is -1.54. The number of rotatable bonds is 14. The van der Waals surface area contributed by atoms with Gasteiger partial charge in [0.1, 0.15) is 79.3 Å². The fourth-order valence-corrected chi connectivity index (χ4v) is 6.87. The Hall–Kier alpha value is -1.82. The third-order valence-electron chi connectivity index (χ3n) is 9.93. The summed E-state index contributed by atoms with van der Waals surface area (Å²) in [6.07, 6.45) is -27.9. The summed E-state index contributed by atoms with van der Waals surface area (Å²) in [6.45, 7) is -0.0554. The molecule has 4 heterocycles. The summed E-state index contributed by atoms with van der Waals surface area (Å²) in [5.41, 5.74) is 0. The number of carbonyl (C=O) groups is 2. The molecule has 13 N–H and O–H groups in total. The van der Waals surface area contributed by atoms with Gasteiger partial charge in [-0.2, -0.15) is 0 Å². The molecule has 23 nitrogen and oxygen atoms in total. The van der Waals surface area contributed by atoms with E-state index < -0.39 is 161 Å². The van der Waals surface area contributed by atoms with Gasteiger partial charge in [0.05, 0.1) is 45.1 Å². The van der Waals surface area contributed by atoms with Crippen LogP contribution in [0.15, 0.2) is 0 Å². The van der Waals surface area contributed by atoms with E-state index in [1.54, 1.807) is 0 Å². The van der Waals surface area contributed by atoms with Crippen LogP contribution >= 0.6 is 0 Å². The van der Waals surface area contributed by atoms with Crippen molar-refractivity contribution >= 4 is 12.4 Å². The molecule has 4 saturated heterocycles. The van der Waals surface area contributed by atoms with E-state index in [4.69, 9.17) is 37.9 Å². The average Bonchev–Trinajstić information content (AvgIpc) is 3.11. The molecule has 0 aromatic rings. The zero-order valence-electron chi connectivity index (χ0n) is 29.0. The van der Waals surface area contributed by atoms with Gasteiger partial charge in [-0.05, 0) is 6.92 Å². The maximum absolute atomic E-state index is 12.2. The molecule has 4 aliphatic rings. The zero-order valence-corrected chi connectivity index (χ0v) is 29.0. The molecule has 20 atom stereocenters. The van der Waals surface area contributed by atoms with E-state index in [-0.39, 0.29) is 6.47 Å². The van der Waals surface area contributed by atoms with Gasteiger partial charge in [0.15, 0.2) is 12.6 Å². The molecule has 4 aliphatic heterocycles. The van der Waals surface area contributed by atoms with Crippen LogP contribution in [0.4, 0.5) is 0 Å². The molecular formula is C30H51NO22. The number of hydrogen-bond acceptors (Lipinski definition) is 22. The number of hydrogen-bond donors (Lipinski definition) is 13. The van der Waals surface area contributed by atoms with E-state index in [1.165, 1.54) is 13.8 Å². The van der Waals surface area contributed by atoms with Crippen LogP contribution in [0.3, 0.4) is 0 Å². The first-order chi connectivity index (χ1) is 24.9. The Morgan fingerprint density at radius 2 is 1.40 bits per heavy atom. The molecule has 0 aromatic heterocycles. The highest BCUT2D eigenvalue weighted by molar-refractivity contribution is 5.73. The van der Waals surface area contributed by atoms with E-state index in [2.05, 4.69) is 5.32 Å². The van der Waals surface area contributed by atoms with Gasteiger partial charge in [0, 0.05) is 12.8 Å². The molecule has 0 saturated carbocycles. The molecule has 0 aliphatic carbocycles. The van der Waals surface area contributed by atoms with Gasteiger partial charge >= 0.3 is 5.97 Å². The van der Waals surface area contributed by atoms with Crippen molar-refractivity contribution in [1.29, 1.82) is 0 Å². The number of carbonyl (C=O) groups excluding carboxylic acids is 2. The first-order valence-corrected chi connectivity index (χ1v) is 16.9. The minimum Gasteiger partial charge on any atom is -0.410 e. The lowest BCUT2D eigenvalue weighted by molar-refractivity contribution is -0.497. The van der Waals surface area contributed by atoms with Gasteiger partial charge in [-0.25, -0.2) is 0 Å². The Kier molecular flexibility index (Phi) is 14.9. The van der Waals surface area contributed by atoms with Crippen molar-refractivity contribution in [3.63, 3.8) is 0 Å². The summed E-state index contributed by atoms with van der Waals surface area (Å²) in [4.78, 5) is 23.8. The number of aliphatic hydroxyl groups excluding tert-OH is 11. The largest absolute Gasteiger partial charge is 0.410 e. The smallest absolute Gasteiger partial charge is 0.334 e. The lowest BCUT2D eigenvalue weighted by Crippen LogP contribution is -2.70. The molecule has 7 unspecified atom stereocenters. The highest BCUT2D eigenvalue weighted by Crippen LogP contribution is 2.44. The molecule has 0 bridgehead atoms. The Bertz CT molecular complexity index is 1200. The van der Waals surface area contributed by atoms with Gasteiger partial charge in [-0.3, -0.25) is 14.3 Å². The Balaban J connectivity index is 1.61. The number of amides is 1. The fraction of sp³-hybridized carbons (Fsp3) is 0.933. The second-order valence-electron chi connectivity index (χ2n) is 13.5. The Morgan fingerprint density at radius 3 is 1.96 bits per heavy atom. The summed E-state index contributed by atoms with van der Waals surface area (Å²) in [5.74, 6) is -7.73. The number of aliphatic hydroxyl groups is 12. The van der Waals surface area contributed by atoms with Crippen LogP contribution in [0.5, 0.6) is 0 Å². The third kappa shape index (κ3) is 8.93. The predicted molar refractivity (Wildman–Crippen MR) is 164 cm³/mol. The molecule has 308 valence electrons. The third-order valence-corrected chi connectivity index (χ3v) is 9.93. The van der Waals surface area contributed by atoms with Gasteiger partial charge in [0.2, 0.25) is 11.7 Å². The highest BCUT2D eigenvalue weighted by atomic mass is 16.9. The second-order valence-corrected chi connectivity index (χ2v) is 13.5. The van der Waals surface area contributed by atoms with Crippen LogP contribution in [0.2, 0.25) is 0 Å².